The molecule has 1 aromatic carbocycles. The van der Waals surface area contributed by atoms with E-state index in [0.717, 1.165) is 38.8 Å². The summed E-state index contributed by atoms with van der Waals surface area (Å²) in [6.07, 6.45) is 6.52. The van der Waals surface area contributed by atoms with Gasteiger partial charge >= 0.3 is 0 Å². The predicted molar refractivity (Wildman–Crippen MR) is 107 cm³/mol. The maximum atomic E-state index is 13.4. The maximum absolute atomic E-state index is 13.4. The third-order valence-corrected chi connectivity index (χ3v) is 6.19. The first-order valence-corrected chi connectivity index (χ1v) is 9.64. The number of carbonyl (C=O) groups excluding carboxylic acids is 1. The highest BCUT2D eigenvalue weighted by molar-refractivity contribution is 5.88. The van der Waals surface area contributed by atoms with Gasteiger partial charge in [-0.2, -0.15) is 0 Å². The summed E-state index contributed by atoms with van der Waals surface area (Å²) >= 11 is 0. The second kappa shape index (κ2) is 8.55. The minimum absolute atomic E-state index is 0. The third kappa shape index (κ3) is 4.03. The van der Waals surface area contributed by atoms with E-state index in [9.17, 15) is 4.79 Å². The summed E-state index contributed by atoms with van der Waals surface area (Å²) in [5.41, 5.74) is 2.33. The van der Waals surface area contributed by atoms with Gasteiger partial charge in [0, 0.05) is 19.1 Å². The van der Waals surface area contributed by atoms with Crippen LogP contribution >= 0.6 is 12.4 Å². The van der Waals surface area contributed by atoms with E-state index >= 15 is 0 Å². The molecular formula is C21H33ClN2O. The van der Waals surface area contributed by atoms with E-state index in [1.54, 1.807) is 0 Å². The fourth-order valence-corrected chi connectivity index (χ4v) is 4.47. The summed E-state index contributed by atoms with van der Waals surface area (Å²) in [6.45, 7) is 6.24. The molecular weight excluding hydrogens is 332 g/mol. The third-order valence-electron chi connectivity index (χ3n) is 6.19. The van der Waals surface area contributed by atoms with Crippen molar-refractivity contribution in [2.45, 2.75) is 69.7 Å². The first-order chi connectivity index (χ1) is 11.6. The number of hydrogen-bond acceptors (Lipinski definition) is 2. The number of amides is 1. The molecule has 4 heteroatoms. The van der Waals surface area contributed by atoms with E-state index in [-0.39, 0.29) is 17.8 Å². The van der Waals surface area contributed by atoms with Crippen LogP contribution in [0.25, 0.3) is 0 Å². The number of rotatable bonds is 4. The molecule has 1 heterocycles. The molecule has 1 saturated carbocycles. The van der Waals surface area contributed by atoms with Crippen LogP contribution in [0.2, 0.25) is 0 Å². The van der Waals surface area contributed by atoms with Gasteiger partial charge in [-0.15, -0.1) is 12.4 Å². The molecule has 1 saturated heterocycles. The zero-order chi connectivity index (χ0) is 17.2. The molecule has 0 atom stereocenters. The second-order valence-electron chi connectivity index (χ2n) is 7.92. The summed E-state index contributed by atoms with van der Waals surface area (Å²) in [4.78, 5) is 15.6. The number of halogens is 1. The van der Waals surface area contributed by atoms with Gasteiger partial charge in [0.1, 0.15) is 0 Å². The summed E-state index contributed by atoms with van der Waals surface area (Å²) in [6, 6.07) is 9.46. The van der Waals surface area contributed by atoms with Crippen LogP contribution in [-0.4, -0.2) is 37.0 Å². The van der Waals surface area contributed by atoms with E-state index in [1.165, 1.54) is 24.0 Å². The Balaban J connectivity index is 0.00000225. The lowest BCUT2D eigenvalue weighted by molar-refractivity contribution is -0.138. The molecule has 1 amide bonds. The van der Waals surface area contributed by atoms with Crippen LogP contribution in [0.15, 0.2) is 24.3 Å². The van der Waals surface area contributed by atoms with Crippen molar-refractivity contribution >= 4 is 18.3 Å². The minimum Gasteiger partial charge on any atom is -0.342 e. The van der Waals surface area contributed by atoms with Crippen LogP contribution in [-0.2, 0) is 10.2 Å². The van der Waals surface area contributed by atoms with E-state index in [1.807, 2.05) is 7.05 Å². The van der Waals surface area contributed by atoms with Crippen LogP contribution in [0.4, 0.5) is 0 Å². The first-order valence-electron chi connectivity index (χ1n) is 9.64. The zero-order valence-electron chi connectivity index (χ0n) is 15.9. The number of benzene rings is 1. The molecule has 1 aromatic rings. The first kappa shape index (κ1) is 20.3. The molecule has 0 aromatic heterocycles. The van der Waals surface area contributed by atoms with Crippen molar-refractivity contribution in [2.75, 3.05) is 20.1 Å². The Morgan fingerprint density at radius 3 is 2.16 bits per heavy atom. The zero-order valence-corrected chi connectivity index (χ0v) is 16.7. The Morgan fingerprint density at radius 1 is 1.12 bits per heavy atom. The molecule has 0 bridgehead atoms. The highest BCUT2D eigenvalue weighted by atomic mass is 35.5. The standard InChI is InChI=1S/C21H32N2O.ClH/c1-16(2)17-6-8-18(9-7-17)21(12-4-5-13-21)20(24)23-14-10-19(22-3)11-15-23;/h6-9,16,19,22H,4-5,10-15H2,1-3H3;1H. The number of hydrogen-bond donors (Lipinski definition) is 1. The SMILES string of the molecule is CNC1CCN(C(=O)C2(c3ccc(C(C)C)cc3)CCCC2)CC1.Cl. The predicted octanol–water partition coefficient (Wildman–Crippen LogP) is 4.25. The molecule has 3 rings (SSSR count). The van der Waals surface area contributed by atoms with Crippen molar-refractivity contribution < 1.29 is 4.79 Å². The van der Waals surface area contributed by atoms with E-state index in [4.69, 9.17) is 0 Å². The second-order valence-corrected chi connectivity index (χ2v) is 7.92. The van der Waals surface area contributed by atoms with Gasteiger partial charge in [0.25, 0.3) is 0 Å². The normalized spacial score (nSPS) is 20.6. The van der Waals surface area contributed by atoms with Crippen LogP contribution in [0, 0.1) is 0 Å². The molecule has 25 heavy (non-hydrogen) atoms. The van der Waals surface area contributed by atoms with Gasteiger partial charge in [0.2, 0.25) is 5.91 Å². The van der Waals surface area contributed by atoms with Gasteiger partial charge in [-0.25, -0.2) is 0 Å². The number of carbonyl (C=O) groups is 1. The monoisotopic (exact) mass is 364 g/mol. The maximum Gasteiger partial charge on any atom is 0.233 e. The highest BCUT2D eigenvalue weighted by Crippen LogP contribution is 2.43. The number of piperidine rings is 1. The smallest absolute Gasteiger partial charge is 0.233 e. The number of nitrogens with one attached hydrogen (secondary N) is 1. The molecule has 2 aliphatic rings. The van der Waals surface area contributed by atoms with Crippen molar-refractivity contribution in [1.29, 1.82) is 0 Å². The van der Waals surface area contributed by atoms with Crippen molar-refractivity contribution in [3.05, 3.63) is 35.4 Å². The van der Waals surface area contributed by atoms with Crippen LogP contribution in [0.3, 0.4) is 0 Å². The highest BCUT2D eigenvalue weighted by Gasteiger charge is 2.45. The summed E-state index contributed by atoms with van der Waals surface area (Å²) in [5.74, 6) is 0.918. The molecule has 0 unspecified atom stereocenters. The minimum atomic E-state index is -0.262. The lowest BCUT2D eigenvalue weighted by atomic mass is 9.76. The Morgan fingerprint density at radius 2 is 1.68 bits per heavy atom. The molecule has 140 valence electrons. The molecule has 1 aliphatic carbocycles. The van der Waals surface area contributed by atoms with Crippen molar-refractivity contribution in [3.63, 3.8) is 0 Å². The van der Waals surface area contributed by atoms with Gasteiger partial charge in [-0.1, -0.05) is 51.0 Å². The van der Waals surface area contributed by atoms with Gasteiger partial charge in [-0.3, -0.25) is 4.79 Å². The molecule has 0 radical (unpaired) electrons. The number of nitrogens with zero attached hydrogens (tertiary/aromatic N) is 1. The Labute approximate surface area is 159 Å². The fraction of sp³-hybridized carbons (Fsp3) is 0.667. The quantitative estimate of drug-likeness (QED) is 0.865. The summed E-state index contributed by atoms with van der Waals surface area (Å²) < 4.78 is 0. The molecule has 3 nitrogen and oxygen atoms in total. The lowest BCUT2D eigenvalue weighted by Gasteiger charge is -2.39. The van der Waals surface area contributed by atoms with Crippen molar-refractivity contribution in [1.82, 2.24) is 10.2 Å². The largest absolute Gasteiger partial charge is 0.342 e. The van der Waals surface area contributed by atoms with Gasteiger partial charge < -0.3 is 10.2 Å². The number of likely N-dealkylation sites (tertiary alicyclic amines) is 1. The Bertz CT molecular complexity index is 556. The summed E-state index contributed by atoms with van der Waals surface area (Å²) in [5, 5.41) is 3.35. The Kier molecular flexibility index (Phi) is 6.93. The van der Waals surface area contributed by atoms with E-state index < -0.39 is 0 Å². The van der Waals surface area contributed by atoms with Gasteiger partial charge in [-0.05, 0) is 49.8 Å². The molecule has 0 spiro atoms. The van der Waals surface area contributed by atoms with E-state index in [0.29, 0.717) is 17.9 Å². The molecule has 1 aliphatic heterocycles. The molecule has 1 N–H and O–H groups in total. The fourth-order valence-electron chi connectivity index (χ4n) is 4.47. The molecule has 2 fully saturated rings. The summed E-state index contributed by atoms with van der Waals surface area (Å²) in [7, 11) is 2.02. The van der Waals surface area contributed by atoms with Crippen molar-refractivity contribution in [3.8, 4) is 0 Å². The van der Waals surface area contributed by atoms with Gasteiger partial charge in [0.05, 0.1) is 5.41 Å². The van der Waals surface area contributed by atoms with Crippen molar-refractivity contribution in [2.24, 2.45) is 0 Å². The van der Waals surface area contributed by atoms with Crippen LogP contribution in [0.1, 0.15) is 69.4 Å². The average Bonchev–Trinajstić information content (AvgIpc) is 3.12. The van der Waals surface area contributed by atoms with E-state index in [2.05, 4.69) is 48.3 Å². The topological polar surface area (TPSA) is 32.3 Å². The van der Waals surface area contributed by atoms with Crippen LogP contribution < -0.4 is 5.32 Å². The Hall–Kier alpha value is -1.06. The average molecular weight is 365 g/mol. The lowest BCUT2D eigenvalue weighted by Crippen LogP contribution is -2.50. The van der Waals surface area contributed by atoms with Gasteiger partial charge in [0.15, 0.2) is 0 Å². The van der Waals surface area contributed by atoms with Crippen LogP contribution in [0.5, 0.6) is 0 Å².